The third kappa shape index (κ3) is 3.88. The molecule has 0 bridgehead atoms. The summed E-state index contributed by atoms with van der Waals surface area (Å²) in [6, 6.07) is 3.78. The number of thiocarbonyl (C=S) groups is 1. The minimum Gasteiger partial charge on any atom is -0.388 e. The van der Waals surface area contributed by atoms with Crippen LogP contribution in [0.25, 0.3) is 0 Å². The number of hydrogen-bond donors (Lipinski definition) is 2. The predicted octanol–water partition coefficient (Wildman–Crippen LogP) is 3.64. The zero-order valence-electron chi connectivity index (χ0n) is 10.3. The lowest BCUT2D eigenvalue weighted by Crippen LogP contribution is -2.12. The molecule has 0 radical (unpaired) electrons. The van der Waals surface area contributed by atoms with E-state index < -0.39 is 11.7 Å². The third-order valence-corrected chi connectivity index (χ3v) is 3.35. The van der Waals surface area contributed by atoms with Gasteiger partial charge in [-0.2, -0.15) is 13.2 Å². The van der Waals surface area contributed by atoms with Crippen LogP contribution in [0.2, 0.25) is 0 Å². The SMILES string of the molecule is NC(=S)c1cnc(Nc2ccc(Br)c(C(F)(F)F)c2)cn1. The van der Waals surface area contributed by atoms with Gasteiger partial charge < -0.3 is 11.1 Å². The first-order valence-electron chi connectivity index (χ1n) is 5.53. The average molecular weight is 377 g/mol. The minimum absolute atomic E-state index is 0.0320. The summed E-state index contributed by atoms with van der Waals surface area (Å²) in [4.78, 5) is 8.01. The van der Waals surface area contributed by atoms with Crippen molar-refractivity contribution < 1.29 is 13.2 Å². The summed E-state index contributed by atoms with van der Waals surface area (Å²) in [6.45, 7) is 0. The van der Waals surface area contributed by atoms with Gasteiger partial charge in [0.2, 0.25) is 0 Å². The van der Waals surface area contributed by atoms with Crippen LogP contribution in [0.3, 0.4) is 0 Å². The number of anilines is 2. The van der Waals surface area contributed by atoms with Crippen molar-refractivity contribution in [2.75, 3.05) is 5.32 Å². The molecule has 110 valence electrons. The van der Waals surface area contributed by atoms with Crippen molar-refractivity contribution in [1.82, 2.24) is 9.97 Å². The van der Waals surface area contributed by atoms with Crippen LogP contribution in [0.15, 0.2) is 35.1 Å². The molecule has 9 heteroatoms. The average Bonchev–Trinajstić information content (AvgIpc) is 2.40. The number of nitrogens with zero attached hydrogens (tertiary/aromatic N) is 2. The molecule has 0 spiro atoms. The number of nitrogens with two attached hydrogens (primary N) is 1. The molecule has 0 unspecified atom stereocenters. The molecule has 21 heavy (non-hydrogen) atoms. The Kier molecular flexibility index (Phi) is 4.43. The number of halogens is 4. The van der Waals surface area contributed by atoms with Crippen LogP contribution in [-0.4, -0.2) is 15.0 Å². The second-order valence-electron chi connectivity index (χ2n) is 3.97. The van der Waals surface area contributed by atoms with E-state index in [-0.39, 0.29) is 21.0 Å². The lowest BCUT2D eigenvalue weighted by atomic mass is 10.2. The topological polar surface area (TPSA) is 63.8 Å². The van der Waals surface area contributed by atoms with E-state index in [1.165, 1.54) is 24.5 Å². The zero-order valence-corrected chi connectivity index (χ0v) is 12.7. The highest BCUT2D eigenvalue weighted by Crippen LogP contribution is 2.36. The molecular formula is C12H8BrF3N4S. The maximum atomic E-state index is 12.8. The van der Waals surface area contributed by atoms with Crippen molar-refractivity contribution in [1.29, 1.82) is 0 Å². The summed E-state index contributed by atoms with van der Waals surface area (Å²) >= 11 is 7.61. The van der Waals surface area contributed by atoms with Gasteiger partial charge in [0.05, 0.1) is 18.0 Å². The van der Waals surface area contributed by atoms with Gasteiger partial charge in [0, 0.05) is 10.2 Å². The summed E-state index contributed by atoms with van der Waals surface area (Å²) in [5, 5.41) is 2.73. The van der Waals surface area contributed by atoms with Crippen molar-refractivity contribution in [3.63, 3.8) is 0 Å². The van der Waals surface area contributed by atoms with Gasteiger partial charge in [0.25, 0.3) is 0 Å². The molecule has 0 atom stereocenters. The maximum Gasteiger partial charge on any atom is 0.417 e. The monoisotopic (exact) mass is 376 g/mol. The van der Waals surface area contributed by atoms with Gasteiger partial charge in [-0.1, -0.05) is 28.1 Å². The third-order valence-electron chi connectivity index (χ3n) is 2.45. The summed E-state index contributed by atoms with van der Waals surface area (Å²) in [5.41, 5.74) is 5.18. The Bertz CT molecular complexity index is 673. The van der Waals surface area contributed by atoms with E-state index in [9.17, 15) is 13.2 Å². The largest absolute Gasteiger partial charge is 0.417 e. The van der Waals surface area contributed by atoms with Crippen LogP contribution in [0.5, 0.6) is 0 Å². The molecule has 0 aliphatic rings. The summed E-state index contributed by atoms with van der Waals surface area (Å²) < 4.78 is 38.4. The molecular weight excluding hydrogens is 369 g/mol. The number of alkyl halides is 3. The van der Waals surface area contributed by atoms with Crippen LogP contribution in [0.1, 0.15) is 11.3 Å². The predicted molar refractivity (Wildman–Crippen MR) is 80.3 cm³/mol. The first-order chi connectivity index (χ1) is 9.77. The van der Waals surface area contributed by atoms with E-state index in [1.807, 2.05) is 0 Å². The summed E-state index contributed by atoms with van der Waals surface area (Å²) in [6.07, 6.45) is -1.77. The Morgan fingerprint density at radius 3 is 2.48 bits per heavy atom. The number of nitrogens with one attached hydrogen (secondary N) is 1. The number of hydrogen-bond acceptors (Lipinski definition) is 4. The molecule has 0 aliphatic carbocycles. The molecule has 0 fully saturated rings. The van der Waals surface area contributed by atoms with E-state index in [1.54, 1.807) is 0 Å². The Morgan fingerprint density at radius 1 is 1.24 bits per heavy atom. The highest BCUT2D eigenvalue weighted by molar-refractivity contribution is 9.10. The molecule has 0 aliphatic heterocycles. The van der Waals surface area contributed by atoms with Crippen molar-refractivity contribution >= 4 is 44.6 Å². The quantitative estimate of drug-likeness (QED) is 0.800. The lowest BCUT2D eigenvalue weighted by molar-refractivity contribution is -0.138. The standard InChI is InChI=1S/C12H8BrF3N4S/c13-8-2-1-6(3-7(8)12(14,15)16)20-10-5-18-9(4-19-10)11(17)21/h1-5H,(H2,17,21)(H,19,20). The summed E-state index contributed by atoms with van der Waals surface area (Å²) in [7, 11) is 0. The fraction of sp³-hybridized carbons (Fsp3) is 0.0833. The normalized spacial score (nSPS) is 11.2. The van der Waals surface area contributed by atoms with Crippen molar-refractivity contribution in [2.45, 2.75) is 6.18 Å². The maximum absolute atomic E-state index is 12.8. The van der Waals surface area contributed by atoms with E-state index >= 15 is 0 Å². The number of rotatable bonds is 3. The Hall–Kier alpha value is -1.74. The molecule has 3 N–H and O–H groups in total. The van der Waals surface area contributed by atoms with Crippen molar-refractivity contribution in [3.8, 4) is 0 Å². The molecule has 2 aromatic rings. The van der Waals surface area contributed by atoms with Crippen LogP contribution in [-0.2, 0) is 6.18 Å². The van der Waals surface area contributed by atoms with E-state index in [0.717, 1.165) is 6.07 Å². The van der Waals surface area contributed by atoms with Gasteiger partial charge >= 0.3 is 6.18 Å². The van der Waals surface area contributed by atoms with Crippen LogP contribution in [0, 0.1) is 0 Å². The van der Waals surface area contributed by atoms with Gasteiger partial charge in [-0.15, -0.1) is 0 Å². The minimum atomic E-state index is -4.45. The van der Waals surface area contributed by atoms with Gasteiger partial charge in [-0.3, -0.25) is 0 Å². The summed E-state index contributed by atoms with van der Waals surface area (Å²) in [5.74, 6) is 0.283. The molecule has 2 rings (SSSR count). The van der Waals surface area contributed by atoms with Gasteiger partial charge in [-0.05, 0) is 18.2 Å². The molecule has 1 aromatic carbocycles. The molecule has 1 heterocycles. The molecule has 0 saturated carbocycles. The van der Waals surface area contributed by atoms with E-state index in [4.69, 9.17) is 18.0 Å². The van der Waals surface area contributed by atoms with Crippen LogP contribution < -0.4 is 11.1 Å². The molecule has 0 amide bonds. The van der Waals surface area contributed by atoms with Crippen LogP contribution >= 0.6 is 28.1 Å². The van der Waals surface area contributed by atoms with Crippen LogP contribution in [0.4, 0.5) is 24.7 Å². The molecule has 0 saturated heterocycles. The second kappa shape index (κ2) is 5.94. The van der Waals surface area contributed by atoms with Gasteiger partial charge in [0.15, 0.2) is 0 Å². The first kappa shape index (κ1) is 15.6. The van der Waals surface area contributed by atoms with Gasteiger partial charge in [0.1, 0.15) is 16.5 Å². The fourth-order valence-corrected chi connectivity index (χ4v) is 2.06. The van der Waals surface area contributed by atoms with E-state index in [2.05, 4.69) is 31.2 Å². The number of aromatic nitrogens is 2. The Balaban J connectivity index is 2.26. The Labute approximate surface area is 131 Å². The molecule has 1 aromatic heterocycles. The Morgan fingerprint density at radius 2 is 1.95 bits per heavy atom. The number of benzene rings is 1. The highest BCUT2D eigenvalue weighted by atomic mass is 79.9. The molecule has 4 nitrogen and oxygen atoms in total. The van der Waals surface area contributed by atoms with Crippen molar-refractivity contribution in [3.05, 3.63) is 46.3 Å². The van der Waals surface area contributed by atoms with Gasteiger partial charge in [-0.25, -0.2) is 9.97 Å². The highest BCUT2D eigenvalue weighted by Gasteiger charge is 2.33. The smallest absolute Gasteiger partial charge is 0.388 e. The van der Waals surface area contributed by atoms with Crippen molar-refractivity contribution in [2.24, 2.45) is 5.73 Å². The fourth-order valence-electron chi connectivity index (χ4n) is 1.49. The zero-order chi connectivity index (χ0) is 15.6. The van der Waals surface area contributed by atoms with E-state index in [0.29, 0.717) is 5.69 Å². The first-order valence-corrected chi connectivity index (χ1v) is 6.73. The lowest BCUT2D eigenvalue weighted by Gasteiger charge is -2.12. The second-order valence-corrected chi connectivity index (χ2v) is 5.26.